The second-order valence-corrected chi connectivity index (χ2v) is 8.35. The molecule has 1 saturated carbocycles. The number of aryl methyl sites for hydroxylation is 1. The molecule has 3 aromatic rings. The Morgan fingerprint density at radius 1 is 1.39 bits per heavy atom. The Labute approximate surface area is 183 Å². The summed E-state index contributed by atoms with van der Waals surface area (Å²) in [6.07, 6.45) is 4.93. The Balaban J connectivity index is 1.35. The summed E-state index contributed by atoms with van der Waals surface area (Å²) < 4.78 is 7.19. The number of nitrogens with one attached hydrogen (secondary N) is 2. The lowest BCUT2D eigenvalue weighted by atomic mass is 9.65. The minimum absolute atomic E-state index is 0.000412. The topological polar surface area (TPSA) is 103 Å². The molecule has 2 fully saturated rings. The van der Waals surface area contributed by atoms with E-state index in [0.717, 1.165) is 12.8 Å². The van der Waals surface area contributed by atoms with Crippen molar-refractivity contribution in [2.24, 2.45) is 13.0 Å². The molecule has 2 aliphatic rings. The summed E-state index contributed by atoms with van der Waals surface area (Å²) in [6, 6.07) is 7.16. The minimum Gasteiger partial charge on any atom is -0.495 e. The zero-order valence-corrected chi connectivity index (χ0v) is 17.8. The molecular weight excluding hydrogens is 420 g/mol. The lowest BCUT2D eigenvalue weighted by Crippen LogP contribution is -2.67. The molecule has 0 amide bonds. The normalized spacial score (nSPS) is 22.0. The van der Waals surface area contributed by atoms with Gasteiger partial charge in [-0.25, -0.2) is 9.97 Å². The van der Waals surface area contributed by atoms with Crippen molar-refractivity contribution in [3.63, 3.8) is 0 Å². The first-order valence-electron chi connectivity index (χ1n) is 9.87. The van der Waals surface area contributed by atoms with Gasteiger partial charge in [-0.05, 0) is 37.1 Å². The molecule has 1 spiro atoms. The second-order valence-electron chi connectivity index (χ2n) is 7.95. The van der Waals surface area contributed by atoms with Gasteiger partial charge in [0.05, 0.1) is 36.2 Å². The van der Waals surface area contributed by atoms with Crippen LogP contribution < -0.4 is 15.5 Å². The predicted molar refractivity (Wildman–Crippen MR) is 114 cm³/mol. The lowest BCUT2D eigenvalue weighted by Gasteiger charge is -2.52. The van der Waals surface area contributed by atoms with E-state index in [9.17, 15) is 4.79 Å². The summed E-state index contributed by atoms with van der Waals surface area (Å²) in [5, 5.41) is 7.89. The van der Waals surface area contributed by atoms with Crippen LogP contribution in [0.5, 0.6) is 5.75 Å². The quantitative estimate of drug-likeness (QED) is 0.563. The van der Waals surface area contributed by atoms with E-state index in [1.807, 2.05) is 19.3 Å². The van der Waals surface area contributed by atoms with E-state index >= 15 is 0 Å². The number of Topliss-reactive ketones (excluding diaryl/α,β-unsaturated/α-hetero) is 1. The van der Waals surface area contributed by atoms with Crippen LogP contribution in [-0.4, -0.2) is 44.8 Å². The molecule has 160 valence electrons. The third-order valence-electron chi connectivity index (χ3n) is 5.72. The summed E-state index contributed by atoms with van der Waals surface area (Å²) in [4.78, 5) is 26.6. The molecule has 2 aromatic heterocycles. The Morgan fingerprint density at radius 2 is 2.19 bits per heavy atom. The van der Waals surface area contributed by atoms with Crippen LogP contribution in [0.3, 0.4) is 0 Å². The van der Waals surface area contributed by atoms with Gasteiger partial charge in [-0.3, -0.25) is 14.3 Å². The standard InChI is InChI=1S/C21H21ClN6O3/c1-28-6-5-16(26-28)18-14(22)10-23-20(25-18)24-15-4-3-12(7-17(15)30-2)19(29)13-8-21(9-13)11-31-27-21/h3-7,10,13,27H,8-9,11H2,1-2H3,(H,23,24,25). The minimum atomic E-state index is 0.000412. The number of hydroxylamine groups is 1. The van der Waals surface area contributed by atoms with E-state index in [1.165, 1.54) is 6.20 Å². The average molecular weight is 441 g/mol. The van der Waals surface area contributed by atoms with Crippen LogP contribution in [0.1, 0.15) is 23.2 Å². The molecule has 1 aliphatic heterocycles. The Kier molecular flexibility index (Phi) is 4.88. The number of nitrogens with zero attached hydrogens (tertiary/aromatic N) is 4. The third kappa shape index (κ3) is 3.65. The van der Waals surface area contributed by atoms with E-state index in [1.54, 1.807) is 30.0 Å². The van der Waals surface area contributed by atoms with Crippen molar-refractivity contribution in [3.8, 4) is 17.1 Å². The van der Waals surface area contributed by atoms with Crippen molar-refractivity contribution in [1.29, 1.82) is 0 Å². The average Bonchev–Trinajstić information content (AvgIpc) is 3.13. The van der Waals surface area contributed by atoms with E-state index in [2.05, 4.69) is 25.9 Å². The van der Waals surface area contributed by atoms with Gasteiger partial charge in [0.15, 0.2) is 5.78 Å². The van der Waals surface area contributed by atoms with Gasteiger partial charge < -0.3 is 10.1 Å². The van der Waals surface area contributed by atoms with Gasteiger partial charge >= 0.3 is 0 Å². The molecule has 9 nitrogen and oxygen atoms in total. The molecule has 31 heavy (non-hydrogen) atoms. The molecule has 10 heteroatoms. The molecule has 3 heterocycles. The second kappa shape index (κ2) is 7.60. The highest BCUT2D eigenvalue weighted by Gasteiger charge is 2.52. The summed E-state index contributed by atoms with van der Waals surface area (Å²) >= 11 is 6.26. The zero-order valence-electron chi connectivity index (χ0n) is 17.1. The highest BCUT2D eigenvalue weighted by atomic mass is 35.5. The Hall–Kier alpha value is -3.01. The maximum atomic E-state index is 12.8. The molecule has 0 atom stereocenters. The molecule has 1 saturated heterocycles. The monoisotopic (exact) mass is 440 g/mol. The number of halogens is 1. The highest BCUT2D eigenvalue weighted by molar-refractivity contribution is 6.32. The highest BCUT2D eigenvalue weighted by Crippen LogP contribution is 2.43. The molecule has 2 N–H and O–H groups in total. The molecule has 0 radical (unpaired) electrons. The van der Waals surface area contributed by atoms with Crippen molar-refractivity contribution < 1.29 is 14.4 Å². The maximum absolute atomic E-state index is 12.8. The molecule has 0 bridgehead atoms. The van der Waals surface area contributed by atoms with Gasteiger partial charge in [0, 0.05) is 24.7 Å². The number of ether oxygens (including phenoxy) is 1. The number of hydrogen-bond acceptors (Lipinski definition) is 8. The molecular formula is C21H21ClN6O3. The number of methoxy groups -OCH3 is 1. The van der Waals surface area contributed by atoms with Gasteiger partial charge in [-0.15, -0.1) is 0 Å². The van der Waals surface area contributed by atoms with Crippen molar-refractivity contribution in [3.05, 3.63) is 47.2 Å². The van der Waals surface area contributed by atoms with Crippen molar-refractivity contribution in [2.45, 2.75) is 18.4 Å². The van der Waals surface area contributed by atoms with Gasteiger partial charge in [0.25, 0.3) is 0 Å². The lowest BCUT2D eigenvalue weighted by molar-refractivity contribution is -0.200. The SMILES string of the molecule is COc1cc(C(=O)C2CC3(CON3)C2)ccc1Nc1ncc(Cl)c(-c2ccn(C)n2)n1. The van der Waals surface area contributed by atoms with E-state index < -0.39 is 0 Å². The molecule has 1 aromatic carbocycles. The number of benzene rings is 1. The third-order valence-corrected chi connectivity index (χ3v) is 5.99. The maximum Gasteiger partial charge on any atom is 0.227 e. The molecule has 5 rings (SSSR count). The number of anilines is 2. The largest absolute Gasteiger partial charge is 0.495 e. The number of hydrogen-bond donors (Lipinski definition) is 2. The Bertz CT molecular complexity index is 1150. The van der Waals surface area contributed by atoms with Crippen LogP contribution in [-0.2, 0) is 11.9 Å². The zero-order chi connectivity index (χ0) is 21.6. The summed E-state index contributed by atoms with van der Waals surface area (Å²) in [6.45, 7) is 0.671. The van der Waals surface area contributed by atoms with Gasteiger partial charge in [-0.1, -0.05) is 11.6 Å². The first-order chi connectivity index (χ1) is 15.0. The van der Waals surface area contributed by atoms with E-state index in [-0.39, 0.29) is 17.2 Å². The summed E-state index contributed by atoms with van der Waals surface area (Å²) in [7, 11) is 3.39. The number of carbonyl (C=O) groups excluding carboxylic acids is 1. The summed E-state index contributed by atoms with van der Waals surface area (Å²) in [5.41, 5.74) is 5.40. The molecule has 0 unspecified atom stereocenters. The number of aromatic nitrogens is 4. The van der Waals surface area contributed by atoms with Crippen LogP contribution in [0.15, 0.2) is 36.7 Å². The smallest absolute Gasteiger partial charge is 0.227 e. The molecule has 1 aliphatic carbocycles. The fourth-order valence-electron chi connectivity index (χ4n) is 4.00. The Morgan fingerprint density at radius 3 is 2.84 bits per heavy atom. The summed E-state index contributed by atoms with van der Waals surface area (Å²) in [5.74, 6) is 0.993. The van der Waals surface area contributed by atoms with Crippen LogP contribution in [0.2, 0.25) is 5.02 Å². The van der Waals surface area contributed by atoms with E-state index in [4.69, 9.17) is 21.2 Å². The predicted octanol–water partition coefficient (Wildman–Crippen LogP) is 3.15. The number of ketones is 1. The van der Waals surface area contributed by atoms with Gasteiger partial charge in [0.1, 0.15) is 17.1 Å². The number of rotatable bonds is 6. The first kappa shape index (κ1) is 19.9. The van der Waals surface area contributed by atoms with Crippen molar-refractivity contribution in [1.82, 2.24) is 25.2 Å². The van der Waals surface area contributed by atoms with Crippen molar-refractivity contribution in [2.75, 3.05) is 19.0 Å². The van der Waals surface area contributed by atoms with Gasteiger partial charge in [-0.2, -0.15) is 10.6 Å². The fraction of sp³-hybridized carbons (Fsp3) is 0.333. The van der Waals surface area contributed by atoms with Gasteiger partial charge in [0.2, 0.25) is 5.95 Å². The van der Waals surface area contributed by atoms with Crippen LogP contribution in [0.4, 0.5) is 11.6 Å². The van der Waals surface area contributed by atoms with Crippen LogP contribution in [0.25, 0.3) is 11.4 Å². The van der Waals surface area contributed by atoms with Crippen LogP contribution >= 0.6 is 11.6 Å². The number of carbonyl (C=O) groups is 1. The van der Waals surface area contributed by atoms with Crippen molar-refractivity contribution >= 4 is 29.0 Å². The fourth-order valence-corrected chi connectivity index (χ4v) is 4.19. The first-order valence-corrected chi connectivity index (χ1v) is 10.2. The van der Waals surface area contributed by atoms with E-state index in [0.29, 0.717) is 46.0 Å². The van der Waals surface area contributed by atoms with Crippen LogP contribution in [0, 0.1) is 5.92 Å².